The van der Waals surface area contributed by atoms with Crippen molar-refractivity contribution in [3.63, 3.8) is 0 Å². The van der Waals surface area contributed by atoms with Gasteiger partial charge >= 0.3 is 5.82 Å². The number of nitrogens with zero attached hydrogens (tertiary/aromatic N) is 3. The van der Waals surface area contributed by atoms with Crippen LogP contribution in [-0.4, -0.2) is 26.7 Å². The summed E-state index contributed by atoms with van der Waals surface area (Å²) in [6, 6.07) is 1.64. The zero-order valence-corrected chi connectivity index (χ0v) is 8.84. The number of aryl methyl sites for hydroxylation is 1. The molecule has 7 nitrogen and oxygen atoms in total. The topological polar surface area (TPSA) is 90.1 Å². The number of aromatic nitrogens is 2. The first-order valence-electron chi connectivity index (χ1n) is 5.04. The average Bonchev–Trinajstić information content (AvgIpc) is 2.91. The first-order valence-corrected chi connectivity index (χ1v) is 5.04. The van der Waals surface area contributed by atoms with Crippen LogP contribution in [0.25, 0.3) is 0 Å². The van der Waals surface area contributed by atoms with E-state index < -0.39 is 4.92 Å². The number of carbonyl (C=O) groups is 1. The monoisotopic (exact) mass is 224 g/mol. The fourth-order valence-corrected chi connectivity index (χ4v) is 1.38. The molecule has 1 saturated carbocycles. The first kappa shape index (κ1) is 10.6. The predicted octanol–water partition coefficient (Wildman–Crippen LogP) is 0.378. The zero-order chi connectivity index (χ0) is 11.7. The lowest BCUT2D eigenvalue weighted by Crippen LogP contribution is -2.30. The highest BCUT2D eigenvalue weighted by Crippen LogP contribution is 2.18. The third-order valence-corrected chi connectivity index (χ3v) is 2.39. The van der Waals surface area contributed by atoms with Crippen LogP contribution >= 0.6 is 0 Å². The van der Waals surface area contributed by atoms with E-state index in [2.05, 4.69) is 10.4 Å². The third kappa shape index (κ3) is 2.36. The summed E-state index contributed by atoms with van der Waals surface area (Å²) in [6.07, 6.45) is 2.04. The van der Waals surface area contributed by atoms with Crippen LogP contribution in [0.3, 0.4) is 0 Å². The molecule has 0 saturated heterocycles. The molecule has 7 heteroatoms. The lowest BCUT2D eigenvalue weighted by Gasteiger charge is -2.01. The Hall–Kier alpha value is -1.92. The van der Waals surface area contributed by atoms with Crippen LogP contribution in [0.5, 0.6) is 0 Å². The molecule has 1 aromatic heterocycles. The van der Waals surface area contributed by atoms with Crippen molar-refractivity contribution in [3.8, 4) is 0 Å². The number of hydrogen-bond donors (Lipinski definition) is 1. The molecular weight excluding hydrogens is 212 g/mol. The minimum atomic E-state index is -0.567. The quantitative estimate of drug-likeness (QED) is 0.591. The first-order chi connectivity index (χ1) is 7.56. The van der Waals surface area contributed by atoms with Crippen molar-refractivity contribution in [1.29, 1.82) is 0 Å². The van der Waals surface area contributed by atoms with Gasteiger partial charge in [0, 0.05) is 6.04 Å². The second-order valence-electron chi connectivity index (χ2n) is 3.90. The van der Waals surface area contributed by atoms with E-state index >= 15 is 0 Å². The highest BCUT2D eigenvalue weighted by molar-refractivity contribution is 5.76. The molecule has 1 fully saturated rings. The summed E-state index contributed by atoms with van der Waals surface area (Å²) in [6.45, 7) is 1.72. The summed E-state index contributed by atoms with van der Waals surface area (Å²) in [5, 5.41) is 17.0. The Labute approximate surface area is 91.6 Å². The molecule has 0 spiro atoms. The van der Waals surface area contributed by atoms with Gasteiger partial charge < -0.3 is 15.4 Å². The van der Waals surface area contributed by atoms with Crippen LogP contribution in [0.2, 0.25) is 0 Å². The molecule has 16 heavy (non-hydrogen) atoms. The van der Waals surface area contributed by atoms with Gasteiger partial charge in [-0.15, -0.1) is 0 Å². The second-order valence-corrected chi connectivity index (χ2v) is 3.90. The number of rotatable bonds is 4. The molecule has 2 rings (SSSR count). The fourth-order valence-electron chi connectivity index (χ4n) is 1.38. The van der Waals surface area contributed by atoms with Crippen molar-refractivity contribution in [3.05, 3.63) is 21.9 Å². The molecule has 0 bridgehead atoms. The Morgan fingerprint density at radius 1 is 1.75 bits per heavy atom. The molecule has 1 amide bonds. The van der Waals surface area contributed by atoms with Crippen LogP contribution in [0.15, 0.2) is 6.07 Å². The van der Waals surface area contributed by atoms with Gasteiger partial charge in [0.1, 0.15) is 6.54 Å². The normalized spacial score (nSPS) is 14.8. The Morgan fingerprint density at radius 3 is 2.94 bits per heavy atom. The predicted molar refractivity (Wildman–Crippen MR) is 54.8 cm³/mol. The van der Waals surface area contributed by atoms with E-state index in [0.29, 0.717) is 11.7 Å². The molecule has 1 heterocycles. The number of nitrogens with one attached hydrogen (secondary N) is 1. The van der Waals surface area contributed by atoms with Crippen molar-refractivity contribution < 1.29 is 9.72 Å². The SMILES string of the molecule is Cc1cc([N+](=O)[O-])nn1CC(=O)NC1CC1. The van der Waals surface area contributed by atoms with Crippen molar-refractivity contribution in [1.82, 2.24) is 15.1 Å². The summed E-state index contributed by atoms with van der Waals surface area (Å²) in [5.74, 6) is -0.375. The Bertz CT molecular complexity index is 436. The molecule has 86 valence electrons. The van der Waals surface area contributed by atoms with Crippen molar-refractivity contribution in [2.45, 2.75) is 32.4 Å². The molecule has 1 N–H and O–H groups in total. The van der Waals surface area contributed by atoms with Gasteiger partial charge in [-0.2, -0.15) is 4.68 Å². The summed E-state index contributed by atoms with van der Waals surface area (Å²) >= 11 is 0. The molecule has 0 unspecified atom stereocenters. The van der Waals surface area contributed by atoms with Gasteiger partial charge in [0.15, 0.2) is 0 Å². The lowest BCUT2D eigenvalue weighted by molar-refractivity contribution is -0.389. The van der Waals surface area contributed by atoms with Crippen LogP contribution in [-0.2, 0) is 11.3 Å². The average molecular weight is 224 g/mol. The van der Waals surface area contributed by atoms with Gasteiger partial charge in [-0.3, -0.25) is 4.79 Å². The van der Waals surface area contributed by atoms with E-state index in [1.807, 2.05) is 0 Å². The van der Waals surface area contributed by atoms with Crippen molar-refractivity contribution in [2.75, 3.05) is 0 Å². The molecular formula is C9H12N4O3. The summed E-state index contributed by atoms with van der Waals surface area (Å²) in [4.78, 5) is 21.4. The minimum Gasteiger partial charge on any atom is -0.358 e. The Balaban J connectivity index is 2.02. The van der Waals surface area contributed by atoms with Crippen LogP contribution in [0.1, 0.15) is 18.5 Å². The van der Waals surface area contributed by atoms with E-state index in [9.17, 15) is 14.9 Å². The van der Waals surface area contributed by atoms with Gasteiger partial charge in [0.05, 0.1) is 16.9 Å². The smallest absolute Gasteiger partial charge is 0.358 e. The maximum Gasteiger partial charge on any atom is 0.390 e. The van der Waals surface area contributed by atoms with Crippen molar-refractivity contribution >= 4 is 11.7 Å². The number of hydrogen-bond acceptors (Lipinski definition) is 4. The fraction of sp³-hybridized carbons (Fsp3) is 0.556. The maximum absolute atomic E-state index is 11.5. The van der Waals surface area contributed by atoms with Crippen molar-refractivity contribution in [2.24, 2.45) is 0 Å². The lowest BCUT2D eigenvalue weighted by atomic mass is 10.4. The Morgan fingerprint density at radius 2 is 2.44 bits per heavy atom. The second kappa shape index (κ2) is 3.92. The van der Waals surface area contributed by atoms with E-state index in [-0.39, 0.29) is 18.3 Å². The van der Waals surface area contributed by atoms with Crippen LogP contribution in [0.4, 0.5) is 5.82 Å². The van der Waals surface area contributed by atoms with Gasteiger partial charge in [-0.25, -0.2) is 0 Å². The zero-order valence-electron chi connectivity index (χ0n) is 8.84. The molecule has 0 atom stereocenters. The van der Waals surface area contributed by atoms with E-state index in [1.54, 1.807) is 6.92 Å². The highest BCUT2D eigenvalue weighted by atomic mass is 16.6. The summed E-state index contributed by atoms with van der Waals surface area (Å²) in [5.41, 5.74) is 0.609. The summed E-state index contributed by atoms with van der Waals surface area (Å²) in [7, 11) is 0. The number of amides is 1. The van der Waals surface area contributed by atoms with Crippen LogP contribution < -0.4 is 5.32 Å². The number of carbonyl (C=O) groups excluding carboxylic acids is 1. The minimum absolute atomic E-state index is 0.0379. The van der Waals surface area contributed by atoms with Gasteiger partial charge in [-0.1, -0.05) is 0 Å². The van der Waals surface area contributed by atoms with E-state index in [0.717, 1.165) is 12.8 Å². The molecule has 0 radical (unpaired) electrons. The highest BCUT2D eigenvalue weighted by Gasteiger charge is 2.24. The van der Waals surface area contributed by atoms with E-state index in [1.165, 1.54) is 10.7 Å². The van der Waals surface area contributed by atoms with Gasteiger partial charge in [0.25, 0.3) is 0 Å². The van der Waals surface area contributed by atoms with Gasteiger partial charge in [-0.05, 0) is 24.7 Å². The molecule has 1 aliphatic carbocycles. The Kier molecular flexibility index (Phi) is 2.59. The van der Waals surface area contributed by atoms with Crippen LogP contribution in [0, 0.1) is 17.0 Å². The number of nitro groups is 1. The van der Waals surface area contributed by atoms with Gasteiger partial charge in [0.2, 0.25) is 5.91 Å². The maximum atomic E-state index is 11.5. The van der Waals surface area contributed by atoms with E-state index in [4.69, 9.17) is 0 Å². The summed E-state index contributed by atoms with van der Waals surface area (Å²) < 4.78 is 1.34. The molecule has 1 aromatic rings. The third-order valence-electron chi connectivity index (χ3n) is 2.39. The largest absolute Gasteiger partial charge is 0.390 e. The molecule has 1 aliphatic rings. The molecule has 0 aliphatic heterocycles. The molecule has 0 aromatic carbocycles. The standard InChI is InChI=1S/C9H12N4O3/c1-6-4-8(13(15)16)11-12(6)5-9(14)10-7-2-3-7/h4,7H,2-3,5H2,1H3,(H,10,14).